The topological polar surface area (TPSA) is 54.4 Å². The van der Waals surface area contributed by atoms with Crippen LogP contribution in [0.15, 0.2) is 0 Å². The molecule has 0 bridgehead atoms. The highest BCUT2D eigenvalue weighted by Crippen LogP contribution is 2.18. The summed E-state index contributed by atoms with van der Waals surface area (Å²) >= 11 is 0. The summed E-state index contributed by atoms with van der Waals surface area (Å²) in [4.78, 5) is 0. The minimum atomic E-state index is -2.87. The molecule has 0 saturated heterocycles. The number of aliphatic hydroxyl groups is 1. The van der Waals surface area contributed by atoms with Gasteiger partial charge in [0.1, 0.15) is 9.84 Å². The Labute approximate surface area is 93.8 Å². The third-order valence-electron chi connectivity index (χ3n) is 3.05. The first-order valence-electron chi connectivity index (χ1n) is 5.68. The Bertz CT molecular complexity index is 257. The SMILES string of the molecule is CCS(=O)(=O)CCCC(O)C(C)C(C)C. The summed E-state index contributed by atoms with van der Waals surface area (Å²) in [5.41, 5.74) is 0. The van der Waals surface area contributed by atoms with E-state index in [9.17, 15) is 13.5 Å². The first-order chi connectivity index (χ1) is 6.80. The number of hydrogen-bond acceptors (Lipinski definition) is 3. The summed E-state index contributed by atoms with van der Waals surface area (Å²) < 4.78 is 22.4. The summed E-state index contributed by atoms with van der Waals surface area (Å²) in [5, 5.41) is 9.76. The average molecular weight is 236 g/mol. The van der Waals surface area contributed by atoms with Gasteiger partial charge in [-0.25, -0.2) is 8.42 Å². The second-order valence-electron chi connectivity index (χ2n) is 4.55. The van der Waals surface area contributed by atoms with E-state index in [1.807, 2.05) is 6.92 Å². The van der Waals surface area contributed by atoms with Crippen LogP contribution in [-0.4, -0.2) is 31.1 Å². The van der Waals surface area contributed by atoms with Crippen LogP contribution in [0.3, 0.4) is 0 Å². The number of aliphatic hydroxyl groups excluding tert-OH is 1. The van der Waals surface area contributed by atoms with Gasteiger partial charge in [0, 0.05) is 5.75 Å². The van der Waals surface area contributed by atoms with Gasteiger partial charge in [0.15, 0.2) is 0 Å². The van der Waals surface area contributed by atoms with Gasteiger partial charge in [-0.3, -0.25) is 0 Å². The van der Waals surface area contributed by atoms with E-state index in [0.29, 0.717) is 18.8 Å². The van der Waals surface area contributed by atoms with Crippen LogP contribution < -0.4 is 0 Å². The smallest absolute Gasteiger partial charge is 0.150 e. The van der Waals surface area contributed by atoms with Gasteiger partial charge >= 0.3 is 0 Å². The predicted octanol–water partition coefficient (Wildman–Crippen LogP) is 1.85. The van der Waals surface area contributed by atoms with Crippen LogP contribution in [-0.2, 0) is 9.84 Å². The lowest BCUT2D eigenvalue weighted by molar-refractivity contribution is 0.0834. The average Bonchev–Trinajstić information content (AvgIpc) is 2.16. The third kappa shape index (κ3) is 6.15. The first-order valence-corrected chi connectivity index (χ1v) is 7.50. The van der Waals surface area contributed by atoms with E-state index < -0.39 is 9.84 Å². The molecular weight excluding hydrogens is 212 g/mol. The maximum Gasteiger partial charge on any atom is 0.150 e. The minimum absolute atomic E-state index is 0.197. The van der Waals surface area contributed by atoms with E-state index in [2.05, 4.69) is 13.8 Å². The third-order valence-corrected chi connectivity index (χ3v) is 4.84. The minimum Gasteiger partial charge on any atom is -0.393 e. The normalized spacial score (nSPS) is 16.7. The van der Waals surface area contributed by atoms with Gasteiger partial charge in [-0.05, 0) is 24.7 Å². The maximum absolute atomic E-state index is 11.2. The van der Waals surface area contributed by atoms with Crippen molar-refractivity contribution >= 4 is 9.84 Å². The van der Waals surface area contributed by atoms with E-state index >= 15 is 0 Å². The highest BCUT2D eigenvalue weighted by atomic mass is 32.2. The lowest BCUT2D eigenvalue weighted by Crippen LogP contribution is -2.23. The zero-order chi connectivity index (χ0) is 12.1. The molecule has 1 N–H and O–H groups in total. The summed E-state index contributed by atoms with van der Waals surface area (Å²) in [7, 11) is -2.87. The zero-order valence-corrected chi connectivity index (χ0v) is 11.0. The molecule has 0 radical (unpaired) electrons. The van der Waals surface area contributed by atoms with Gasteiger partial charge in [-0.2, -0.15) is 0 Å². The number of hydrogen-bond donors (Lipinski definition) is 1. The molecule has 0 aromatic rings. The summed E-state index contributed by atoms with van der Waals surface area (Å²) in [6.45, 7) is 7.79. The predicted molar refractivity (Wildman–Crippen MR) is 63.6 cm³/mol. The number of rotatable bonds is 7. The Morgan fingerprint density at radius 1 is 1.20 bits per heavy atom. The molecule has 92 valence electrons. The first kappa shape index (κ1) is 14.9. The highest BCUT2D eigenvalue weighted by Gasteiger charge is 2.18. The van der Waals surface area contributed by atoms with Crippen molar-refractivity contribution in [2.24, 2.45) is 11.8 Å². The second kappa shape index (κ2) is 6.48. The van der Waals surface area contributed by atoms with Gasteiger partial charge in [0.2, 0.25) is 0 Å². The Hall–Kier alpha value is -0.0900. The van der Waals surface area contributed by atoms with Crippen molar-refractivity contribution in [3.8, 4) is 0 Å². The van der Waals surface area contributed by atoms with E-state index in [1.165, 1.54) is 0 Å². The molecule has 0 spiro atoms. The van der Waals surface area contributed by atoms with Crippen molar-refractivity contribution < 1.29 is 13.5 Å². The van der Waals surface area contributed by atoms with Crippen molar-refractivity contribution in [1.82, 2.24) is 0 Å². The monoisotopic (exact) mass is 236 g/mol. The Kier molecular flexibility index (Phi) is 6.44. The fourth-order valence-corrected chi connectivity index (χ4v) is 2.26. The van der Waals surface area contributed by atoms with Crippen molar-refractivity contribution in [2.75, 3.05) is 11.5 Å². The molecule has 0 rings (SSSR count). The molecule has 2 atom stereocenters. The molecule has 2 unspecified atom stereocenters. The van der Waals surface area contributed by atoms with Crippen LogP contribution in [0.5, 0.6) is 0 Å². The molecular formula is C11H24O3S. The second-order valence-corrected chi connectivity index (χ2v) is 7.02. The van der Waals surface area contributed by atoms with Crippen LogP contribution in [0.4, 0.5) is 0 Å². The van der Waals surface area contributed by atoms with Crippen molar-refractivity contribution in [2.45, 2.75) is 46.6 Å². The summed E-state index contributed by atoms with van der Waals surface area (Å²) in [5.74, 6) is 1.06. The van der Waals surface area contributed by atoms with Crippen LogP contribution in [0.1, 0.15) is 40.5 Å². The van der Waals surface area contributed by atoms with E-state index in [4.69, 9.17) is 0 Å². The molecule has 0 amide bonds. The fraction of sp³-hybridized carbons (Fsp3) is 1.00. The molecule has 0 aliphatic carbocycles. The van der Waals surface area contributed by atoms with Crippen LogP contribution in [0, 0.1) is 11.8 Å². The van der Waals surface area contributed by atoms with Crippen LogP contribution in [0.2, 0.25) is 0 Å². The lowest BCUT2D eigenvalue weighted by Gasteiger charge is -2.21. The van der Waals surface area contributed by atoms with Gasteiger partial charge in [-0.1, -0.05) is 27.7 Å². The quantitative estimate of drug-likeness (QED) is 0.734. The van der Waals surface area contributed by atoms with Gasteiger partial charge in [0.05, 0.1) is 11.9 Å². The molecule has 4 heteroatoms. The molecule has 0 saturated carbocycles. The Balaban J connectivity index is 3.87. The molecule has 3 nitrogen and oxygen atoms in total. The molecule has 0 aromatic heterocycles. The van der Waals surface area contributed by atoms with Crippen molar-refractivity contribution in [3.05, 3.63) is 0 Å². The zero-order valence-electron chi connectivity index (χ0n) is 10.2. The van der Waals surface area contributed by atoms with Gasteiger partial charge in [-0.15, -0.1) is 0 Å². The summed E-state index contributed by atoms with van der Waals surface area (Å²) in [6, 6.07) is 0. The van der Waals surface area contributed by atoms with Crippen LogP contribution >= 0.6 is 0 Å². The molecule has 0 aliphatic rings. The fourth-order valence-electron chi connectivity index (χ4n) is 1.36. The van der Waals surface area contributed by atoms with Crippen LogP contribution in [0.25, 0.3) is 0 Å². The molecule has 0 heterocycles. The Morgan fingerprint density at radius 3 is 2.13 bits per heavy atom. The molecule has 0 aromatic carbocycles. The Morgan fingerprint density at radius 2 is 1.73 bits per heavy atom. The summed E-state index contributed by atoms with van der Waals surface area (Å²) in [6.07, 6.45) is 0.768. The molecule has 0 aliphatic heterocycles. The van der Waals surface area contributed by atoms with E-state index in [1.54, 1.807) is 6.92 Å². The van der Waals surface area contributed by atoms with Gasteiger partial charge in [0.25, 0.3) is 0 Å². The van der Waals surface area contributed by atoms with Crippen molar-refractivity contribution in [3.63, 3.8) is 0 Å². The van der Waals surface area contributed by atoms with E-state index in [-0.39, 0.29) is 23.5 Å². The number of sulfone groups is 1. The largest absolute Gasteiger partial charge is 0.393 e. The lowest BCUT2D eigenvalue weighted by atomic mass is 9.90. The molecule has 15 heavy (non-hydrogen) atoms. The molecule has 0 fully saturated rings. The van der Waals surface area contributed by atoms with Gasteiger partial charge < -0.3 is 5.11 Å². The van der Waals surface area contributed by atoms with E-state index in [0.717, 1.165) is 0 Å². The highest BCUT2D eigenvalue weighted by molar-refractivity contribution is 7.91. The maximum atomic E-state index is 11.2. The van der Waals surface area contributed by atoms with Crippen molar-refractivity contribution in [1.29, 1.82) is 0 Å². The standard InChI is InChI=1S/C11H24O3S/c1-5-15(13,14)8-6-7-11(12)10(4)9(2)3/h9-12H,5-8H2,1-4H3.